The summed E-state index contributed by atoms with van der Waals surface area (Å²) in [6.45, 7) is 7.44. The van der Waals surface area contributed by atoms with E-state index in [-0.39, 0.29) is 6.41 Å². The van der Waals surface area contributed by atoms with Crippen LogP contribution in [-0.4, -0.2) is 28.4 Å². The standard InChI is InChI=1S/C14H28OS2.CH3NO2/c1-4-5-6-7-8-9-12-17-14(16)15-11-10-13(2)3;3-1-2-4/h13H,4-12H2,1-3H3;1,4H,(H,2,3). The average molecular weight is 338 g/mol. The lowest BCUT2D eigenvalue weighted by molar-refractivity contribution is -0.116. The molecule has 6 heteroatoms. The fraction of sp³-hybridized carbons (Fsp3) is 0.867. The molecular weight excluding hydrogens is 306 g/mol. The third-order valence-corrected chi connectivity index (χ3v) is 4.00. The molecule has 0 atom stereocenters. The minimum atomic E-state index is 0.181. The molecule has 1 amide bonds. The molecule has 0 aromatic carbocycles. The van der Waals surface area contributed by atoms with Crippen molar-refractivity contribution >= 4 is 34.8 Å². The Morgan fingerprint density at radius 2 is 1.86 bits per heavy atom. The van der Waals surface area contributed by atoms with Gasteiger partial charge in [-0.1, -0.05) is 64.6 Å². The number of carbonyl (C=O) groups is 1. The average Bonchev–Trinajstić information content (AvgIpc) is 2.46. The molecule has 0 aliphatic carbocycles. The van der Waals surface area contributed by atoms with Crippen LogP contribution in [0, 0.1) is 5.92 Å². The smallest absolute Gasteiger partial charge is 0.230 e. The summed E-state index contributed by atoms with van der Waals surface area (Å²) in [7, 11) is 0. The van der Waals surface area contributed by atoms with E-state index in [9.17, 15) is 0 Å². The number of ether oxygens (including phenoxy) is 1. The van der Waals surface area contributed by atoms with Crippen LogP contribution in [0.2, 0.25) is 0 Å². The molecule has 0 rings (SSSR count). The van der Waals surface area contributed by atoms with Crippen molar-refractivity contribution < 1.29 is 14.7 Å². The van der Waals surface area contributed by atoms with E-state index in [2.05, 4.69) is 20.8 Å². The molecule has 4 nitrogen and oxygen atoms in total. The fourth-order valence-electron chi connectivity index (χ4n) is 1.46. The van der Waals surface area contributed by atoms with Gasteiger partial charge in [-0.3, -0.25) is 10.0 Å². The highest BCUT2D eigenvalue weighted by atomic mass is 32.2. The van der Waals surface area contributed by atoms with E-state index in [1.54, 1.807) is 11.8 Å². The van der Waals surface area contributed by atoms with Gasteiger partial charge in [-0.2, -0.15) is 0 Å². The van der Waals surface area contributed by atoms with Crippen LogP contribution in [0.4, 0.5) is 0 Å². The highest BCUT2D eigenvalue weighted by molar-refractivity contribution is 8.22. The predicted octanol–water partition coefficient (Wildman–Crippen LogP) is 4.55. The lowest BCUT2D eigenvalue weighted by atomic mass is 10.1. The molecule has 21 heavy (non-hydrogen) atoms. The van der Waals surface area contributed by atoms with Crippen LogP contribution in [0.1, 0.15) is 65.7 Å². The molecule has 0 radical (unpaired) electrons. The normalized spacial score (nSPS) is 9.76. The highest BCUT2D eigenvalue weighted by Crippen LogP contribution is 2.12. The molecule has 0 aromatic rings. The number of rotatable bonds is 11. The zero-order valence-corrected chi connectivity index (χ0v) is 15.2. The molecule has 0 spiro atoms. The summed E-state index contributed by atoms with van der Waals surface area (Å²) in [5, 5.41) is 7.26. The predicted molar refractivity (Wildman–Crippen MR) is 94.8 cm³/mol. The molecule has 0 fully saturated rings. The number of hydrogen-bond acceptors (Lipinski definition) is 5. The summed E-state index contributed by atoms with van der Waals surface area (Å²) < 4.78 is 6.23. The van der Waals surface area contributed by atoms with E-state index in [1.165, 1.54) is 44.0 Å². The first-order valence-electron chi connectivity index (χ1n) is 7.71. The van der Waals surface area contributed by atoms with Gasteiger partial charge >= 0.3 is 0 Å². The van der Waals surface area contributed by atoms with Crippen LogP contribution in [-0.2, 0) is 9.53 Å². The maximum Gasteiger partial charge on any atom is 0.230 e. The minimum Gasteiger partial charge on any atom is -0.479 e. The van der Waals surface area contributed by atoms with Gasteiger partial charge in [0.2, 0.25) is 10.8 Å². The van der Waals surface area contributed by atoms with Gasteiger partial charge in [0.05, 0.1) is 6.61 Å². The van der Waals surface area contributed by atoms with Gasteiger partial charge in [0, 0.05) is 5.75 Å². The second-order valence-corrected chi connectivity index (χ2v) is 6.84. The molecule has 0 bridgehead atoms. The molecule has 0 saturated heterocycles. The summed E-state index contributed by atoms with van der Waals surface area (Å²) in [6.07, 6.45) is 9.33. The fourth-order valence-corrected chi connectivity index (χ4v) is 2.47. The quantitative estimate of drug-likeness (QED) is 0.190. The number of hydrogen-bond donors (Lipinski definition) is 2. The first kappa shape index (κ1) is 22.9. The van der Waals surface area contributed by atoms with Crippen molar-refractivity contribution in [2.24, 2.45) is 5.92 Å². The zero-order chi connectivity index (χ0) is 16.3. The van der Waals surface area contributed by atoms with Crippen molar-refractivity contribution in [1.82, 2.24) is 5.48 Å². The van der Waals surface area contributed by atoms with Crippen LogP contribution in [0.15, 0.2) is 0 Å². The van der Waals surface area contributed by atoms with Crippen molar-refractivity contribution in [1.29, 1.82) is 0 Å². The first-order valence-corrected chi connectivity index (χ1v) is 9.10. The summed E-state index contributed by atoms with van der Waals surface area (Å²) in [6, 6.07) is 0. The number of hydroxylamine groups is 1. The molecule has 0 aromatic heterocycles. The molecule has 2 N–H and O–H groups in total. The van der Waals surface area contributed by atoms with E-state index in [4.69, 9.17) is 27.0 Å². The van der Waals surface area contributed by atoms with Crippen LogP contribution in [0.25, 0.3) is 0 Å². The van der Waals surface area contributed by atoms with Gasteiger partial charge in [0.25, 0.3) is 0 Å². The Labute approximate surface area is 139 Å². The molecule has 126 valence electrons. The maximum absolute atomic E-state index is 8.81. The summed E-state index contributed by atoms with van der Waals surface area (Å²) in [4.78, 5) is 8.81. The van der Waals surface area contributed by atoms with Gasteiger partial charge < -0.3 is 4.74 Å². The van der Waals surface area contributed by atoms with Crippen LogP contribution in [0.3, 0.4) is 0 Å². The number of nitrogens with one attached hydrogen (secondary N) is 1. The van der Waals surface area contributed by atoms with E-state index in [0.717, 1.165) is 23.2 Å². The lowest BCUT2D eigenvalue weighted by Gasteiger charge is -2.08. The van der Waals surface area contributed by atoms with Crippen molar-refractivity contribution in [3.63, 3.8) is 0 Å². The van der Waals surface area contributed by atoms with Crippen molar-refractivity contribution in [2.45, 2.75) is 65.7 Å². The van der Waals surface area contributed by atoms with Gasteiger partial charge in [-0.25, -0.2) is 5.48 Å². The SMILES string of the molecule is CCCCCCCCSC(=S)OCCC(C)C.O=CNO. The van der Waals surface area contributed by atoms with Crippen molar-refractivity contribution in [3.8, 4) is 0 Å². The molecule has 0 unspecified atom stereocenters. The topological polar surface area (TPSA) is 58.6 Å². The Morgan fingerprint density at radius 1 is 1.29 bits per heavy atom. The van der Waals surface area contributed by atoms with Crippen molar-refractivity contribution in [3.05, 3.63) is 0 Å². The van der Waals surface area contributed by atoms with E-state index in [0.29, 0.717) is 5.92 Å². The molecular formula is C15H31NO3S2. The number of thiocarbonyl (C=S) groups is 1. The van der Waals surface area contributed by atoms with Gasteiger partial charge in [0.15, 0.2) is 0 Å². The van der Waals surface area contributed by atoms with Gasteiger partial charge in [-0.05, 0) is 31.0 Å². The third kappa shape index (κ3) is 25.0. The van der Waals surface area contributed by atoms with Crippen molar-refractivity contribution in [2.75, 3.05) is 12.4 Å². The lowest BCUT2D eigenvalue weighted by Crippen LogP contribution is -2.03. The Bertz CT molecular complexity index is 239. The Balaban J connectivity index is 0. The highest BCUT2D eigenvalue weighted by Gasteiger charge is 2.00. The minimum absolute atomic E-state index is 0.181. The van der Waals surface area contributed by atoms with Gasteiger partial charge in [-0.15, -0.1) is 0 Å². The van der Waals surface area contributed by atoms with Crippen LogP contribution < -0.4 is 5.48 Å². The van der Waals surface area contributed by atoms with E-state index >= 15 is 0 Å². The second kappa shape index (κ2) is 19.7. The first-order chi connectivity index (χ1) is 10.1. The molecule has 0 aliphatic heterocycles. The maximum atomic E-state index is 8.81. The summed E-state index contributed by atoms with van der Waals surface area (Å²) in [5.41, 5.74) is 1.25. The number of thioether (sulfide) groups is 1. The summed E-state index contributed by atoms with van der Waals surface area (Å²) in [5.74, 6) is 1.81. The molecule has 0 saturated carbocycles. The van der Waals surface area contributed by atoms with Gasteiger partial charge in [0.1, 0.15) is 0 Å². The molecule has 0 aliphatic rings. The Kier molecular flexibility index (Phi) is 21.5. The second-order valence-electron chi connectivity index (χ2n) is 5.14. The zero-order valence-electron chi connectivity index (χ0n) is 13.6. The monoisotopic (exact) mass is 337 g/mol. The van der Waals surface area contributed by atoms with E-state index < -0.39 is 0 Å². The summed E-state index contributed by atoms with van der Waals surface area (Å²) >= 11 is 6.87. The molecule has 0 heterocycles. The van der Waals surface area contributed by atoms with Crippen LogP contribution >= 0.6 is 24.0 Å². The third-order valence-electron chi connectivity index (χ3n) is 2.69. The Morgan fingerprint density at radius 3 is 2.38 bits per heavy atom. The number of unbranched alkanes of at least 4 members (excludes halogenated alkanes) is 5. The van der Waals surface area contributed by atoms with Crippen LogP contribution in [0.5, 0.6) is 0 Å². The Hall–Kier alpha value is -0.330. The number of amides is 1. The number of carbonyl (C=O) groups excluding carboxylic acids is 1. The van der Waals surface area contributed by atoms with E-state index in [1.807, 2.05) is 0 Å². The largest absolute Gasteiger partial charge is 0.479 e.